The van der Waals surface area contributed by atoms with Crippen molar-refractivity contribution < 1.29 is 9.90 Å². The van der Waals surface area contributed by atoms with Crippen molar-refractivity contribution in [1.82, 2.24) is 29.4 Å². The Labute approximate surface area is 210 Å². The number of fused-ring (bicyclic) bond motifs is 3. The van der Waals surface area contributed by atoms with Gasteiger partial charge in [-0.15, -0.1) is 11.8 Å². The smallest absolute Gasteiger partial charge is 0.329 e. The molecule has 0 atom stereocenters. The zero-order chi connectivity index (χ0) is 25.6. The summed E-state index contributed by atoms with van der Waals surface area (Å²) in [6.07, 6.45) is 6.15. The second-order valence-electron chi connectivity index (χ2n) is 9.39. The van der Waals surface area contributed by atoms with E-state index in [1.807, 2.05) is 30.5 Å². The Kier molecular flexibility index (Phi) is 6.13. The van der Waals surface area contributed by atoms with Crippen LogP contribution in [0.5, 0.6) is 0 Å². The van der Waals surface area contributed by atoms with Crippen LogP contribution >= 0.6 is 11.8 Å². The lowest BCUT2D eigenvalue weighted by Crippen LogP contribution is -2.49. The number of piperidine rings is 1. The van der Waals surface area contributed by atoms with E-state index >= 15 is 0 Å². The molecule has 1 aliphatic rings. The van der Waals surface area contributed by atoms with Gasteiger partial charge in [0.15, 0.2) is 0 Å². The normalized spacial score (nSPS) is 15.1. The predicted molar refractivity (Wildman–Crippen MR) is 138 cm³/mol. The van der Waals surface area contributed by atoms with Crippen LogP contribution in [0.25, 0.3) is 33.2 Å². The summed E-state index contributed by atoms with van der Waals surface area (Å²) < 4.78 is 1.58. The highest BCUT2D eigenvalue weighted by Gasteiger charge is 2.33. The van der Waals surface area contributed by atoms with E-state index in [2.05, 4.69) is 15.0 Å². The zero-order valence-corrected chi connectivity index (χ0v) is 21.0. The monoisotopic (exact) mass is 506 g/mol. The topological polar surface area (TPSA) is 134 Å². The van der Waals surface area contributed by atoms with Crippen LogP contribution in [0.15, 0.2) is 51.3 Å². The lowest BCUT2D eigenvalue weighted by Gasteiger charge is -2.36. The van der Waals surface area contributed by atoms with Gasteiger partial charge < -0.3 is 10.0 Å². The number of aromatic amines is 1. The molecule has 5 heterocycles. The predicted octanol–water partition coefficient (Wildman–Crippen LogP) is 2.35. The van der Waals surface area contributed by atoms with Crippen molar-refractivity contribution >= 4 is 39.6 Å². The number of H-pyrrole nitrogens is 1. The molecular weight excluding hydrogens is 480 g/mol. The fourth-order valence-corrected chi connectivity index (χ4v) is 5.03. The molecule has 0 saturated carbocycles. The maximum atomic E-state index is 13.1. The van der Waals surface area contributed by atoms with Gasteiger partial charge in [0, 0.05) is 37.1 Å². The molecule has 0 unspecified atom stereocenters. The maximum absolute atomic E-state index is 13.1. The summed E-state index contributed by atoms with van der Waals surface area (Å²) in [7, 11) is 0. The summed E-state index contributed by atoms with van der Waals surface area (Å²) in [6, 6.07) is 7.24. The first-order valence-electron chi connectivity index (χ1n) is 11.6. The first kappa shape index (κ1) is 24.1. The van der Waals surface area contributed by atoms with Crippen LogP contribution in [0.2, 0.25) is 0 Å². The van der Waals surface area contributed by atoms with Gasteiger partial charge in [-0.2, -0.15) is 0 Å². The Morgan fingerprint density at radius 1 is 1.11 bits per heavy atom. The SMILES string of the molecule is CSc1ccc(-c2ccc3ncc4c(=O)[nH]c(=O)n(C5CCN(C(=O)C(C)(C)O)CC5)c4c3n2)cn1. The molecule has 1 aliphatic heterocycles. The second-order valence-corrected chi connectivity index (χ2v) is 10.2. The van der Waals surface area contributed by atoms with Gasteiger partial charge in [0.05, 0.1) is 27.1 Å². The fraction of sp³-hybridized carbons (Fsp3) is 0.360. The number of carbonyl (C=O) groups excluding carboxylic acids is 1. The Bertz CT molecular complexity index is 1580. The average molecular weight is 507 g/mol. The number of rotatable bonds is 4. The van der Waals surface area contributed by atoms with Crippen molar-refractivity contribution in [1.29, 1.82) is 0 Å². The average Bonchev–Trinajstić information content (AvgIpc) is 2.87. The largest absolute Gasteiger partial charge is 0.381 e. The van der Waals surface area contributed by atoms with Crippen LogP contribution in [-0.4, -0.2) is 65.4 Å². The van der Waals surface area contributed by atoms with E-state index < -0.39 is 16.9 Å². The van der Waals surface area contributed by atoms with Crippen LogP contribution in [-0.2, 0) is 4.79 Å². The first-order valence-corrected chi connectivity index (χ1v) is 12.9. The number of pyridine rings is 3. The van der Waals surface area contributed by atoms with Crippen LogP contribution in [0, 0.1) is 0 Å². The first-order chi connectivity index (χ1) is 17.2. The van der Waals surface area contributed by atoms with E-state index in [0.29, 0.717) is 48.2 Å². The van der Waals surface area contributed by atoms with E-state index in [1.54, 1.807) is 27.4 Å². The van der Waals surface area contributed by atoms with Gasteiger partial charge in [0.1, 0.15) is 11.1 Å². The molecule has 0 spiro atoms. The van der Waals surface area contributed by atoms with E-state index in [-0.39, 0.29) is 17.3 Å². The van der Waals surface area contributed by atoms with Gasteiger partial charge in [0.25, 0.3) is 11.5 Å². The zero-order valence-electron chi connectivity index (χ0n) is 20.2. The fourth-order valence-electron chi connectivity index (χ4n) is 4.67. The second kappa shape index (κ2) is 9.14. The lowest BCUT2D eigenvalue weighted by molar-refractivity contribution is -0.149. The third kappa shape index (κ3) is 4.28. The van der Waals surface area contributed by atoms with Crippen molar-refractivity contribution in [3.05, 3.63) is 57.5 Å². The van der Waals surface area contributed by atoms with Gasteiger partial charge in [0.2, 0.25) is 0 Å². The van der Waals surface area contributed by atoms with Crippen molar-refractivity contribution in [2.45, 2.75) is 43.4 Å². The Hall–Kier alpha value is -3.57. The molecule has 186 valence electrons. The summed E-state index contributed by atoms with van der Waals surface area (Å²) in [5.41, 5.74) is 0.408. The van der Waals surface area contributed by atoms with Crippen LogP contribution in [0.3, 0.4) is 0 Å². The molecule has 1 amide bonds. The van der Waals surface area contributed by atoms with Crippen molar-refractivity contribution in [3.8, 4) is 11.3 Å². The van der Waals surface area contributed by atoms with Gasteiger partial charge in [-0.1, -0.05) is 0 Å². The van der Waals surface area contributed by atoms with E-state index in [9.17, 15) is 19.5 Å². The molecule has 4 aromatic rings. The number of hydrogen-bond donors (Lipinski definition) is 2. The number of likely N-dealkylation sites (tertiary alicyclic amines) is 1. The molecule has 36 heavy (non-hydrogen) atoms. The molecule has 0 radical (unpaired) electrons. The molecule has 2 N–H and O–H groups in total. The Morgan fingerprint density at radius 2 is 1.86 bits per heavy atom. The molecule has 11 heteroatoms. The van der Waals surface area contributed by atoms with Gasteiger partial charge in [-0.3, -0.25) is 24.1 Å². The molecule has 1 saturated heterocycles. The molecule has 0 bridgehead atoms. The number of hydrogen-bond acceptors (Lipinski definition) is 8. The minimum atomic E-state index is -1.46. The molecule has 0 aromatic carbocycles. The summed E-state index contributed by atoms with van der Waals surface area (Å²) in [5.74, 6) is -0.346. The number of aliphatic hydroxyl groups is 1. The highest BCUT2D eigenvalue weighted by Crippen LogP contribution is 2.29. The summed E-state index contributed by atoms with van der Waals surface area (Å²) >= 11 is 1.54. The maximum Gasteiger partial charge on any atom is 0.329 e. The lowest BCUT2D eigenvalue weighted by atomic mass is 10.0. The van der Waals surface area contributed by atoms with E-state index in [4.69, 9.17) is 4.98 Å². The number of nitrogens with one attached hydrogen (secondary N) is 1. The minimum absolute atomic E-state index is 0.263. The van der Waals surface area contributed by atoms with Crippen LogP contribution in [0.1, 0.15) is 32.7 Å². The standard InChI is InChI=1S/C25H26N6O4S/c1-25(2,35)23(33)30-10-8-15(9-11-30)31-21-16(22(32)29-24(31)34)13-26-18-6-5-17(28-20(18)21)14-4-7-19(36-3)27-12-14/h4-7,12-13,15,35H,8-11H2,1-3H3,(H,29,32,34). The van der Waals surface area contributed by atoms with E-state index in [1.165, 1.54) is 20.0 Å². The van der Waals surface area contributed by atoms with E-state index in [0.717, 1.165) is 10.6 Å². The van der Waals surface area contributed by atoms with Crippen molar-refractivity contribution in [2.75, 3.05) is 19.3 Å². The minimum Gasteiger partial charge on any atom is -0.381 e. The number of amides is 1. The molecule has 4 aromatic heterocycles. The van der Waals surface area contributed by atoms with Gasteiger partial charge in [-0.25, -0.2) is 14.8 Å². The highest BCUT2D eigenvalue weighted by atomic mass is 32.2. The molecular formula is C25H26N6O4S. The van der Waals surface area contributed by atoms with Gasteiger partial charge >= 0.3 is 5.69 Å². The third-order valence-electron chi connectivity index (χ3n) is 6.49. The quantitative estimate of drug-likeness (QED) is 0.318. The molecule has 5 rings (SSSR count). The Balaban J connectivity index is 1.63. The number of nitrogens with zero attached hydrogens (tertiary/aromatic N) is 5. The van der Waals surface area contributed by atoms with Crippen LogP contribution in [0.4, 0.5) is 0 Å². The van der Waals surface area contributed by atoms with Crippen LogP contribution < -0.4 is 11.2 Å². The Morgan fingerprint density at radius 3 is 2.50 bits per heavy atom. The number of carbonyl (C=O) groups is 1. The molecule has 10 nitrogen and oxygen atoms in total. The highest BCUT2D eigenvalue weighted by molar-refractivity contribution is 7.98. The molecule has 0 aliphatic carbocycles. The van der Waals surface area contributed by atoms with Crippen molar-refractivity contribution in [2.24, 2.45) is 0 Å². The summed E-state index contributed by atoms with van der Waals surface area (Å²) in [4.78, 5) is 56.0. The summed E-state index contributed by atoms with van der Waals surface area (Å²) in [5, 5.41) is 11.3. The third-order valence-corrected chi connectivity index (χ3v) is 7.15. The summed E-state index contributed by atoms with van der Waals surface area (Å²) in [6.45, 7) is 3.70. The van der Waals surface area contributed by atoms with Gasteiger partial charge in [-0.05, 0) is 57.2 Å². The number of aromatic nitrogens is 5. The van der Waals surface area contributed by atoms with Crippen molar-refractivity contribution in [3.63, 3.8) is 0 Å². The molecule has 1 fully saturated rings. The number of thioether (sulfide) groups is 1.